The van der Waals surface area contributed by atoms with Crippen molar-refractivity contribution in [2.75, 3.05) is 31.1 Å². The number of hydrogen-bond donors (Lipinski definition) is 0. The van der Waals surface area contributed by atoms with Gasteiger partial charge in [0.25, 0.3) is 10.0 Å². The highest BCUT2D eigenvalue weighted by molar-refractivity contribution is 7.90. The normalized spacial score (nSPS) is 15.3. The van der Waals surface area contributed by atoms with Crippen LogP contribution in [0.5, 0.6) is 0 Å². The molecule has 1 amide bonds. The molecule has 0 N–H and O–H groups in total. The smallest absolute Gasteiger partial charge is 0.268 e. The molecule has 4 rings (SSSR count). The van der Waals surface area contributed by atoms with Crippen LogP contribution < -0.4 is 4.90 Å². The predicted octanol–water partition coefficient (Wildman–Crippen LogP) is 2.55. The summed E-state index contributed by atoms with van der Waals surface area (Å²) in [7, 11) is -3.64. The molecule has 140 valence electrons. The Bertz CT molecular complexity index is 1080. The topological polar surface area (TPSA) is 62.6 Å². The number of hydrogen-bond acceptors (Lipinski definition) is 4. The van der Waals surface area contributed by atoms with E-state index in [9.17, 15) is 13.2 Å². The third-order valence-electron chi connectivity index (χ3n) is 5.04. The average Bonchev–Trinajstić information content (AvgIpc) is 3.14. The molecular formula is C20H21N3O3S. The molecule has 0 unspecified atom stereocenters. The molecule has 0 atom stereocenters. The summed E-state index contributed by atoms with van der Waals surface area (Å²) in [6.07, 6.45) is 1.61. The summed E-state index contributed by atoms with van der Waals surface area (Å²) in [5.74, 6) is 0.0907. The maximum absolute atomic E-state index is 13.0. The quantitative estimate of drug-likeness (QED) is 0.697. The van der Waals surface area contributed by atoms with Gasteiger partial charge in [0.1, 0.15) is 0 Å². The fourth-order valence-corrected chi connectivity index (χ4v) is 4.95. The van der Waals surface area contributed by atoms with Crippen molar-refractivity contribution in [3.8, 4) is 0 Å². The van der Waals surface area contributed by atoms with Gasteiger partial charge in [0, 0.05) is 50.4 Å². The number of anilines is 1. The molecule has 1 fully saturated rings. The van der Waals surface area contributed by atoms with Crippen molar-refractivity contribution in [3.63, 3.8) is 0 Å². The largest absolute Gasteiger partial charge is 0.367 e. The van der Waals surface area contributed by atoms with Crippen molar-refractivity contribution in [3.05, 3.63) is 60.8 Å². The second-order valence-electron chi connectivity index (χ2n) is 6.63. The maximum Gasteiger partial charge on any atom is 0.268 e. The van der Waals surface area contributed by atoms with Crippen molar-refractivity contribution in [1.82, 2.24) is 8.87 Å². The van der Waals surface area contributed by atoms with E-state index in [4.69, 9.17) is 0 Å². The first kappa shape index (κ1) is 17.6. The molecule has 27 heavy (non-hydrogen) atoms. The molecule has 6 nitrogen and oxygen atoms in total. The average molecular weight is 383 g/mol. The van der Waals surface area contributed by atoms with Crippen molar-refractivity contribution in [2.24, 2.45) is 0 Å². The Morgan fingerprint density at radius 2 is 1.59 bits per heavy atom. The number of piperazine rings is 1. The molecule has 1 aromatic heterocycles. The van der Waals surface area contributed by atoms with Gasteiger partial charge in [0.2, 0.25) is 5.91 Å². The van der Waals surface area contributed by atoms with E-state index >= 15 is 0 Å². The number of fused-ring (bicyclic) bond motifs is 1. The van der Waals surface area contributed by atoms with Gasteiger partial charge in [0.05, 0.1) is 10.4 Å². The summed E-state index contributed by atoms with van der Waals surface area (Å²) in [5, 5.41) is 0.897. The standard InChI is InChI=1S/C20H21N3O3S/c1-16(24)21-12-14-22(15-13-21)19-8-5-9-20-18(19)10-11-23(20)27(25,26)17-6-3-2-4-7-17/h2-11H,12-15H2,1H3. The predicted molar refractivity (Wildman–Crippen MR) is 105 cm³/mol. The van der Waals surface area contributed by atoms with Gasteiger partial charge in [-0.2, -0.15) is 0 Å². The molecule has 1 saturated heterocycles. The lowest BCUT2D eigenvalue weighted by molar-refractivity contribution is -0.129. The van der Waals surface area contributed by atoms with E-state index in [2.05, 4.69) is 4.90 Å². The second-order valence-corrected chi connectivity index (χ2v) is 8.45. The number of carbonyl (C=O) groups excluding carboxylic acids is 1. The van der Waals surface area contributed by atoms with Crippen LogP contribution in [0.4, 0.5) is 5.69 Å². The molecule has 2 heterocycles. The van der Waals surface area contributed by atoms with Crippen LogP contribution in [0.1, 0.15) is 6.92 Å². The summed E-state index contributed by atoms with van der Waals surface area (Å²) in [6.45, 7) is 4.40. The Morgan fingerprint density at radius 3 is 2.26 bits per heavy atom. The van der Waals surface area contributed by atoms with E-state index in [1.165, 1.54) is 3.97 Å². The highest BCUT2D eigenvalue weighted by Gasteiger charge is 2.23. The Hall–Kier alpha value is -2.80. The Balaban J connectivity index is 1.72. The molecule has 0 bridgehead atoms. The minimum atomic E-state index is -3.64. The van der Waals surface area contributed by atoms with E-state index in [0.29, 0.717) is 18.6 Å². The first-order valence-electron chi connectivity index (χ1n) is 8.89. The van der Waals surface area contributed by atoms with Gasteiger partial charge in [-0.15, -0.1) is 0 Å². The van der Waals surface area contributed by atoms with Crippen LogP contribution in [0.3, 0.4) is 0 Å². The number of carbonyl (C=O) groups is 1. The zero-order chi connectivity index (χ0) is 19.0. The summed E-state index contributed by atoms with van der Waals surface area (Å²) < 4.78 is 27.4. The second kappa shape index (κ2) is 6.74. The Morgan fingerprint density at radius 1 is 0.889 bits per heavy atom. The minimum Gasteiger partial charge on any atom is -0.367 e. The Kier molecular flexibility index (Phi) is 4.39. The van der Waals surface area contributed by atoms with Crippen LogP contribution in [0.15, 0.2) is 65.7 Å². The number of benzene rings is 2. The zero-order valence-corrected chi connectivity index (χ0v) is 15.9. The van der Waals surface area contributed by atoms with Gasteiger partial charge in [0.15, 0.2) is 0 Å². The lowest BCUT2D eigenvalue weighted by Gasteiger charge is -2.36. The number of nitrogens with zero attached hydrogens (tertiary/aromatic N) is 3. The maximum atomic E-state index is 13.0. The molecule has 0 saturated carbocycles. The number of aromatic nitrogens is 1. The monoisotopic (exact) mass is 383 g/mol. The van der Waals surface area contributed by atoms with Crippen LogP contribution in [-0.4, -0.2) is 49.4 Å². The molecule has 0 aliphatic carbocycles. The molecule has 1 aliphatic heterocycles. The molecular weight excluding hydrogens is 362 g/mol. The van der Waals surface area contributed by atoms with Crippen LogP contribution in [0.2, 0.25) is 0 Å². The van der Waals surface area contributed by atoms with Gasteiger partial charge in [-0.05, 0) is 30.3 Å². The van der Waals surface area contributed by atoms with Crippen molar-refractivity contribution in [1.29, 1.82) is 0 Å². The first-order chi connectivity index (χ1) is 13.0. The van der Waals surface area contributed by atoms with Gasteiger partial charge in [-0.25, -0.2) is 12.4 Å². The minimum absolute atomic E-state index is 0.0907. The highest BCUT2D eigenvalue weighted by atomic mass is 32.2. The van der Waals surface area contributed by atoms with Gasteiger partial charge < -0.3 is 9.80 Å². The Labute approximate surface area is 158 Å². The molecule has 2 aromatic carbocycles. The third kappa shape index (κ3) is 3.08. The van der Waals surface area contributed by atoms with Crippen molar-refractivity contribution in [2.45, 2.75) is 11.8 Å². The van der Waals surface area contributed by atoms with Crippen LogP contribution in [-0.2, 0) is 14.8 Å². The molecule has 0 spiro atoms. The molecule has 0 radical (unpaired) electrons. The summed E-state index contributed by atoms with van der Waals surface area (Å²) in [6, 6.07) is 16.0. The van der Waals surface area contributed by atoms with Crippen molar-refractivity contribution >= 4 is 32.5 Å². The fraction of sp³-hybridized carbons (Fsp3) is 0.250. The van der Waals surface area contributed by atoms with Gasteiger partial charge >= 0.3 is 0 Å². The van der Waals surface area contributed by atoms with Crippen LogP contribution in [0.25, 0.3) is 10.9 Å². The molecule has 3 aromatic rings. The van der Waals surface area contributed by atoms with E-state index in [1.807, 2.05) is 29.2 Å². The first-order valence-corrected chi connectivity index (χ1v) is 10.3. The molecule has 7 heteroatoms. The van der Waals surface area contributed by atoms with E-state index in [0.717, 1.165) is 24.2 Å². The van der Waals surface area contributed by atoms with Crippen molar-refractivity contribution < 1.29 is 13.2 Å². The zero-order valence-electron chi connectivity index (χ0n) is 15.1. The third-order valence-corrected chi connectivity index (χ3v) is 6.74. The van der Waals surface area contributed by atoms with E-state index in [-0.39, 0.29) is 10.8 Å². The number of rotatable bonds is 3. The van der Waals surface area contributed by atoms with E-state index in [1.54, 1.807) is 43.5 Å². The summed E-state index contributed by atoms with van der Waals surface area (Å²) in [4.78, 5) is 15.9. The van der Waals surface area contributed by atoms with Crippen LogP contribution >= 0.6 is 0 Å². The SMILES string of the molecule is CC(=O)N1CCN(c2cccc3c2ccn3S(=O)(=O)c2ccccc2)CC1. The number of amides is 1. The lowest BCUT2D eigenvalue weighted by atomic mass is 10.1. The summed E-state index contributed by atoms with van der Waals surface area (Å²) in [5.41, 5.74) is 1.66. The fourth-order valence-electron chi connectivity index (χ4n) is 3.58. The van der Waals surface area contributed by atoms with Gasteiger partial charge in [-0.3, -0.25) is 4.79 Å². The van der Waals surface area contributed by atoms with Crippen LogP contribution in [0, 0.1) is 0 Å². The van der Waals surface area contributed by atoms with E-state index < -0.39 is 10.0 Å². The lowest BCUT2D eigenvalue weighted by Crippen LogP contribution is -2.48. The highest BCUT2D eigenvalue weighted by Crippen LogP contribution is 2.30. The van der Waals surface area contributed by atoms with Gasteiger partial charge in [-0.1, -0.05) is 24.3 Å². The molecule has 1 aliphatic rings. The summed E-state index contributed by atoms with van der Waals surface area (Å²) >= 11 is 0.